The Kier molecular flexibility index (Phi) is 4.47. The molecule has 4 nitrogen and oxygen atoms in total. The van der Waals surface area contributed by atoms with Crippen LogP contribution in [0.2, 0.25) is 0 Å². The highest BCUT2D eigenvalue weighted by molar-refractivity contribution is 5.86. The highest BCUT2D eigenvalue weighted by atomic mass is 16.2. The van der Waals surface area contributed by atoms with Crippen LogP contribution in [0.4, 0.5) is 0 Å². The molecule has 1 aliphatic heterocycles. The summed E-state index contributed by atoms with van der Waals surface area (Å²) in [6, 6.07) is 0. The smallest absolute Gasteiger partial charge is 0.239 e. The number of amides is 1. The molecule has 92 valence electrons. The summed E-state index contributed by atoms with van der Waals surface area (Å²) in [5.41, 5.74) is -0.408. The quantitative estimate of drug-likeness (QED) is 0.710. The van der Waals surface area contributed by atoms with Gasteiger partial charge in [0, 0.05) is 19.5 Å². The van der Waals surface area contributed by atoms with Crippen molar-refractivity contribution < 1.29 is 9.59 Å². The van der Waals surface area contributed by atoms with Gasteiger partial charge in [-0.3, -0.25) is 9.69 Å². The van der Waals surface area contributed by atoms with Gasteiger partial charge in [-0.2, -0.15) is 0 Å². The number of hydrogen-bond acceptors (Lipinski definition) is 3. The number of nitrogens with zero attached hydrogens (tertiary/aromatic N) is 1. The topological polar surface area (TPSA) is 49.4 Å². The van der Waals surface area contributed by atoms with Crippen molar-refractivity contribution in [3.05, 3.63) is 0 Å². The van der Waals surface area contributed by atoms with Gasteiger partial charge in [0.1, 0.15) is 5.78 Å². The summed E-state index contributed by atoms with van der Waals surface area (Å²) < 4.78 is 0. The Balaban J connectivity index is 2.35. The van der Waals surface area contributed by atoms with E-state index in [9.17, 15) is 9.59 Å². The lowest BCUT2D eigenvalue weighted by molar-refractivity contribution is -0.135. The van der Waals surface area contributed by atoms with Gasteiger partial charge in [-0.1, -0.05) is 0 Å². The van der Waals surface area contributed by atoms with Crippen LogP contribution in [0, 0.1) is 0 Å². The van der Waals surface area contributed by atoms with Crippen molar-refractivity contribution in [2.24, 2.45) is 0 Å². The molecular weight excluding hydrogens is 204 g/mol. The van der Waals surface area contributed by atoms with E-state index in [0.717, 1.165) is 32.5 Å². The van der Waals surface area contributed by atoms with Crippen molar-refractivity contribution in [1.29, 1.82) is 0 Å². The zero-order valence-electron chi connectivity index (χ0n) is 10.5. The molecule has 1 N–H and O–H groups in total. The number of hydrogen-bond donors (Lipinski definition) is 1. The van der Waals surface area contributed by atoms with E-state index in [4.69, 9.17) is 0 Å². The first-order chi connectivity index (χ1) is 7.44. The standard InChI is InChI=1S/C12H22N2O2/c1-10(15)6-4-5-8-14-9-7-13-11(16)12(14,2)3/h4-9H2,1-3H3,(H,13,16). The molecule has 0 atom stereocenters. The minimum Gasteiger partial charge on any atom is -0.353 e. The van der Waals surface area contributed by atoms with Crippen molar-refractivity contribution >= 4 is 11.7 Å². The third-order valence-corrected chi connectivity index (χ3v) is 3.22. The summed E-state index contributed by atoms with van der Waals surface area (Å²) in [4.78, 5) is 24.7. The van der Waals surface area contributed by atoms with Crippen LogP contribution in [-0.4, -0.2) is 41.8 Å². The van der Waals surface area contributed by atoms with Gasteiger partial charge < -0.3 is 10.1 Å². The molecule has 0 aromatic carbocycles. The monoisotopic (exact) mass is 226 g/mol. The summed E-state index contributed by atoms with van der Waals surface area (Å²) in [5.74, 6) is 0.348. The third kappa shape index (κ3) is 3.30. The molecule has 1 saturated heterocycles. The van der Waals surface area contributed by atoms with Gasteiger partial charge in [0.25, 0.3) is 0 Å². The fraction of sp³-hybridized carbons (Fsp3) is 0.833. The summed E-state index contributed by atoms with van der Waals surface area (Å²) in [6.07, 6.45) is 2.56. The number of nitrogens with one attached hydrogen (secondary N) is 1. The second-order valence-electron chi connectivity index (χ2n) is 4.96. The van der Waals surface area contributed by atoms with Crippen LogP contribution in [0.1, 0.15) is 40.0 Å². The molecule has 4 heteroatoms. The van der Waals surface area contributed by atoms with E-state index in [-0.39, 0.29) is 11.7 Å². The maximum absolute atomic E-state index is 11.7. The average Bonchev–Trinajstić information content (AvgIpc) is 2.18. The van der Waals surface area contributed by atoms with Gasteiger partial charge in [-0.15, -0.1) is 0 Å². The lowest BCUT2D eigenvalue weighted by Gasteiger charge is -2.41. The van der Waals surface area contributed by atoms with Crippen LogP contribution >= 0.6 is 0 Å². The largest absolute Gasteiger partial charge is 0.353 e. The Morgan fingerprint density at radius 2 is 2.12 bits per heavy atom. The molecule has 1 rings (SSSR count). The first-order valence-electron chi connectivity index (χ1n) is 5.97. The van der Waals surface area contributed by atoms with Gasteiger partial charge in [0.05, 0.1) is 5.54 Å². The van der Waals surface area contributed by atoms with Crippen LogP contribution in [-0.2, 0) is 9.59 Å². The molecular formula is C12H22N2O2. The summed E-state index contributed by atoms with van der Waals surface area (Å²) in [5, 5.41) is 2.88. The summed E-state index contributed by atoms with van der Waals surface area (Å²) in [7, 11) is 0. The molecule has 0 radical (unpaired) electrons. The number of unbranched alkanes of at least 4 members (excludes halogenated alkanes) is 1. The van der Waals surface area contributed by atoms with Crippen molar-refractivity contribution in [3.8, 4) is 0 Å². The van der Waals surface area contributed by atoms with E-state index in [0.29, 0.717) is 6.42 Å². The molecule has 1 fully saturated rings. The highest BCUT2D eigenvalue weighted by Crippen LogP contribution is 2.18. The molecule has 0 unspecified atom stereocenters. The van der Waals surface area contributed by atoms with Crippen LogP contribution in [0.25, 0.3) is 0 Å². The van der Waals surface area contributed by atoms with Gasteiger partial charge in [0.2, 0.25) is 5.91 Å². The normalized spacial score (nSPS) is 20.6. The van der Waals surface area contributed by atoms with E-state index >= 15 is 0 Å². The lowest BCUT2D eigenvalue weighted by atomic mass is 9.98. The predicted molar refractivity (Wildman–Crippen MR) is 63.2 cm³/mol. The summed E-state index contributed by atoms with van der Waals surface area (Å²) >= 11 is 0. The van der Waals surface area contributed by atoms with Gasteiger partial charge >= 0.3 is 0 Å². The zero-order valence-corrected chi connectivity index (χ0v) is 10.5. The number of carbonyl (C=O) groups excluding carboxylic acids is 2. The SMILES string of the molecule is CC(=O)CCCCN1CCNC(=O)C1(C)C. The lowest BCUT2D eigenvalue weighted by Crippen LogP contribution is -2.61. The first kappa shape index (κ1) is 13.2. The fourth-order valence-corrected chi connectivity index (χ4v) is 2.01. The molecule has 1 heterocycles. The molecule has 0 aromatic rings. The minimum atomic E-state index is -0.408. The van der Waals surface area contributed by atoms with Crippen LogP contribution in [0.15, 0.2) is 0 Å². The Morgan fingerprint density at radius 1 is 1.44 bits per heavy atom. The van der Waals surface area contributed by atoms with E-state index in [1.54, 1.807) is 6.92 Å². The van der Waals surface area contributed by atoms with Gasteiger partial charge in [0.15, 0.2) is 0 Å². The number of Topliss-reactive ketones (excluding diaryl/α,β-unsaturated/α-hetero) is 1. The van der Waals surface area contributed by atoms with E-state index in [1.807, 2.05) is 13.8 Å². The molecule has 0 spiro atoms. The highest BCUT2D eigenvalue weighted by Gasteiger charge is 2.36. The van der Waals surface area contributed by atoms with Crippen molar-refractivity contribution in [3.63, 3.8) is 0 Å². The number of piperazine rings is 1. The Hall–Kier alpha value is -0.900. The first-order valence-corrected chi connectivity index (χ1v) is 5.97. The predicted octanol–water partition coefficient (Wildman–Crippen LogP) is 0.956. The second kappa shape index (κ2) is 5.43. The minimum absolute atomic E-state index is 0.102. The molecule has 0 aliphatic carbocycles. The van der Waals surface area contributed by atoms with Crippen molar-refractivity contribution in [1.82, 2.24) is 10.2 Å². The zero-order chi connectivity index (χ0) is 12.2. The Bertz CT molecular complexity index is 274. The van der Waals surface area contributed by atoms with Crippen LogP contribution in [0.5, 0.6) is 0 Å². The maximum atomic E-state index is 11.7. The van der Waals surface area contributed by atoms with Crippen molar-refractivity contribution in [2.75, 3.05) is 19.6 Å². The number of ketones is 1. The fourth-order valence-electron chi connectivity index (χ4n) is 2.01. The van der Waals surface area contributed by atoms with E-state index < -0.39 is 5.54 Å². The molecule has 1 aliphatic rings. The third-order valence-electron chi connectivity index (χ3n) is 3.22. The average molecular weight is 226 g/mol. The van der Waals surface area contributed by atoms with Crippen LogP contribution < -0.4 is 5.32 Å². The van der Waals surface area contributed by atoms with Crippen molar-refractivity contribution in [2.45, 2.75) is 45.6 Å². The molecule has 0 aromatic heterocycles. The summed E-state index contributed by atoms with van der Waals surface area (Å²) in [6.45, 7) is 8.05. The maximum Gasteiger partial charge on any atom is 0.239 e. The van der Waals surface area contributed by atoms with Crippen LogP contribution in [0.3, 0.4) is 0 Å². The Morgan fingerprint density at radius 3 is 2.75 bits per heavy atom. The molecule has 16 heavy (non-hydrogen) atoms. The van der Waals surface area contributed by atoms with Gasteiger partial charge in [-0.25, -0.2) is 0 Å². The molecule has 0 saturated carbocycles. The molecule has 1 amide bonds. The number of carbonyl (C=O) groups is 2. The van der Waals surface area contributed by atoms with E-state index in [1.165, 1.54) is 0 Å². The molecule has 0 bridgehead atoms. The Labute approximate surface area is 97.4 Å². The second-order valence-corrected chi connectivity index (χ2v) is 4.96. The van der Waals surface area contributed by atoms with Gasteiger partial charge in [-0.05, 0) is 40.2 Å². The van der Waals surface area contributed by atoms with E-state index in [2.05, 4.69) is 10.2 Å². The number of rotatable bonds is 5.